The van der Waals surface area contributed by atoms with Crippen LogP contribution in [0, 0.1) is 12.8 Å². The first-order valence-corrected chi connectivity index (χ1v) is 9.45. The van der Waals surface area contributed by atoms with Crippen LogP contribution in [0.25, 0.3) is 0 Å². The van der Waals surface area contributed by atoms with Crippen LogP contribution in [0.2, 0.25) is 0 Å². The van der Waals surface area contributed by atoms with Gasteiger partial charge in [0.1, 0.15) is 0 Å². The maximum absolute atomic E-state index is 12.2. The minimum Gasteiger partial charge on any atom is -0.356 e. The normalized spacial score (nSPS) is 15.8. The third kappa shape index (κ3) is 6.86. The Morgan fingerprint density at radius 3 is 2.44 bits per heavy atom. The van der Waals surface area contributed by atoms with Crippen molar-refractivity contribution in [3.05, 3.63) is 29.8 Å². The molecular formula is C20H31N3O2. The Morgan fingerprint density at radius 1 is 1.12 bits per heavy atom. The number of amides is 2. The number of carbonyl (C=O) groups is 2. The summed E-state index contributed by atoms with van der Waals surface area (Å²) >= 11 is 0. The molecule has 1 heterocycles. The molecule has 1 saturated heterocycles. The van der Waals surface area contributed by atoms with Crippen molar-refractivity contribution in [1.29, 1.82) is 0 Å². The summed E-state index contributed by atoms with van der Waals surface area (Å²) in [5.41, 5.74) is 2.00. The lowest BCUT2D eigenvalue weighted by Crippen LogP contribution is -2.43. The van der Waals surface area contributed by atoms with Crippen molar-refractivity contribution in [2.45, 2.75) is 46.0 Å². The van der Waals surface area contributed by atoms with Crippen LogP contribution in [-0.4, -0.2) is 42.9 Å². The smallest absolute Gasteiger partial charge is 0.238 e. The predicted octanol–water partition coefficient (Wildman–Crippen LogP) is 2.95. The van der Waals surface area contributed by atoms with Gasteiger partial charge in [-0.2, -0.15) is 0 Å². The van der Waals surface area contributed by atoms with E-state index in [-0.39, 0.29) is 17.7 Å². The minimum atomic E-state index is 0.00585. The van der Waals surface area contributed by atoms with E-state index in [9.17, 15) is 9.59 Å². The van der Waals surface area contributed by atoms with Gasteiger partial charge in [-0.15, -0.1) is 0 Å². The van der Waals surface area contributed by atoms with Crippen molar-refractivity contribution in [2.75, 3.05) is 31.5 Å². The molecule has 0 radical (unpaired) electrons. The Balaban J connectivity index is 1.66. The highest BCUT2D eigenvalue weighted by atomic mass is 16.2. The number of aryl methyl sites for hydroxylation is 1. The van der Waals surface area contributed by atoms with Crippen molar-refractivity contribution < 1.29 is 9.59 Å². The topological polar surface area (TPSA) is 61.4 Å². The molecule has 25 heavy (non-hydrogen) atoms. The molecule has 2 N–H and O–H groups in total. The molecular weight excluding hydrogens is 314 g/mol. The number of hydrogen-bond donors (Lipinski definition) is 2. The van der Waals surface area contributed by atoms with Crippen LogP contribution < -0.4 is 10.6 Å². The molecule has 0 aliphatic carbocycles. The number of nitrogens with zero attached hydrogens (tertiary/aromatic N) is 1. The van der Waals surface area contributed by atoms with Crippen molar-refractivity contribution in [2.24, 2.45) is 5.92 Å². The Kier molecular flexibility index (Phi) is 7.92. The fourth-order valence-corrected chi connectivity index (χ4v) is 3.12. The second-order valence-corrected chi connectivity index (χ2v) is 6.96. The van der Waals surface area contributed by atoms with E-state index in [0.29, 0.717) is 6.54 Å². The zero-order valence-electron chi connectivity index (χ0n) is 15.5. The van der Waals surface area contributed by atoms with E-state index in [4.69, 9.17) is 0 Å². The monoisotopic (exact) mass is 345 g/mol. The number of unbranched alkanes of at least 4 members (excludes halogenated alkanes) is 2. The molecule has 0 unspecified atom stereocenters. The summed E-state index contributed by atoms with van der Waals surface area (Å²) in [5.74, 6) is 0.282. The molecule has 1 aliphatic heterocycles. The number of benzene rings is 1. The molecule has 138 valence electrons. The molecule has 1 fully saturated rings. The molecule has 5 nitrogen and oxygen atoms in total. The maximum Gasteiger partial charge on any atom is 0.238 e. The van der Waals surface area contributed by atoms with Gasteiger partial charge in [-0.3, -0.25) is 14.5 Å². The van der Waals surface area contributed by atoms with Gasteiger partial charge in [-0.25, -0.2) is 0 Å². The Hall–Kier alpha value is -1.88. The number of piperidine rings is 1. The van der Waals surface area contributed by atoms with Crippen LogP contribution in [0.5, 0.6) is 0 Å². The molecule has 0 bridgehead atoms. The fraction of sp³-hybridized carbons (Fsp3) is 0.600. The van der Waals surface area contributed by atoms with Gasteiger partial charge in [0, 0.05) is 18.2 Å². The quantitative estimate of drug-likeness (QED) is 0.712. The maximum atomic E-state index is 12.2. The Labute approximate surface area is 151 Å². The van der Waals surface area contributed by atoms with Crippen molar-refractivity contribution >= 4 is 17.5 Å². The van der Waals surface area contributed by atoms with E-state index in [2.05, 4.69) is 22.5 Å². The second kappa shape index (κ2) is 10.2. The van der Waals surface area contributed by atoms with Gasteiger partial charge in [0.2, 0.25) is 11.8 Å². The van der Waals surface area contributed by atoms with Crippen LogP contribution >= 0.6 is 0 Å². The summed E-state index contributed by atoms with van der Waals surface area (Å²) in [4.78, 5) is 26.4. The highest BCUT2D eigenvalue weighted by Gasteiger charge is 2.25. The zero-order chi connectivity index (χ0) is 18.1. The Bertz CT molecular complexity index is 549. The average molecular weight is 345 g/mol. The summed E-state index contributed by atoms with van der Waals surface area (Å²) in [5, 5.41) is 5.97. The minimum absolute atomic E-state index is 0.00585. The van der Waals surface area contributed by atoms with Crippen LogP contribution in [0.3, 0.4) is 0 Å². The van der Waals surface area contributed by atoms with E-state index in [1.54, 1.807) is 0 Å². The molecule has 0 spiro atoms. The van der Waals surface area contributed by atoms with Gasteiger partial charge < -0.3 is 10.6 Å². The average Bonchev–Trinajstić information content (AvgIpc) is 2.61. The summed E-state index contributed by atoms with van der Waals surface area (Å²) in [7, 11) is 0. The zero-order valence-corrected chi connectivity index (χ0v) is 15.5. The van der Waals surface area contributed by atoms with E-state index in [1.807, 2.05) is 31.2 Å². The largest absolute Gasteiger partial charge is 0.356 e. The van der Waals surface area contributed by atoms with Gasteiger partial charge in [0.05, 0.1) is 6.54 Å². The number of likely N-dealkylation sites (tertiary alicyclic amines) is 1. The third-order valence-corrected chi connectivity index (χ3v) is 4.74. The van der Waals surface area contributed by atoms with E-state index in [0.717, 1.165) is 51.0 Å². The lowest BCUT2D eigenvalue weighted by molar-refractivity contribution is -0.126. The van der Waals surface area contributed by atoms with Gasteiger partial charge in [-0.05, 0) is 51.4 Å². The van der Waals surface area contributed by atoms with Gasteiger partial charge in [0.25, 0.3) is 0 Å². The molecule has 5 heteroatoms. The summed E-state index contributed by atoms with van der Waals surface area (Å²) in [6.45, 7) is 6.95. The van der Waals surface area contributed by atoms with Gasteiger partial charge in [-0.1, -0.05) is 37.5 Å². The molecule has 0 saturated carbocycles. The standard InChI is InChI=1S/C20H31N3O2/c1-3-4-5-12-21-20(25)17-10-13-23(14-11-17)15-19(24)22-18-8-6-16(2)7-9-18/h6-9,17H,3-5,10-15H2,1-2H3,(H,21,25)(H,22,24). The first-order chi connectivity index (χ1) is 12.1. The third-order valence-electron chi connectivity index (χ3n) is 4.74. The van der Waals surface area contributed by atoms with Gasteiger partial charge in [0.15, 0.2) is 0 Å². The SMILES string of the molecule is CCCCCNC(=O)C1CCN(CC(=O)Nc2ccc(C)cc2)CC1. The van der Waals surface area contributed by atoms with Gasteiger partial charge >= 0.3 is 0 Å². The first-order valence-electron chi connectivity index (χ1n) is 9.45. The van der Waals surface area contributed by atoms with E-state index in [1.165, 1.54) is 12.0 Å². The highest BCUT2D eigenvalue weighted by Crippen LogP contribution is 2.17. The van der Waals surface area contributed by atoms with E-state index < -0.39 is 0 Å². The highest BCUT2D eigenvalue weighted by molar-refractivity contribution is 5.92. The molecule has 0 atom stereocenters. The molecule has 1 aromatic carbocycles. The van der Waals surface area contributed by atoms with Crippen LogP contribution in [0.4, 0.5) is 5.69 Å². The molecule has 2 rings (SSSR count). The van der Waals surface area contributed by atoms with Crippen LogP contribution in [0.15, 0.2) is 24.3 Å². The lowest BCUT2D eigenvalue weighted by Gasteiger charge is -2.30. The first kappa shape index (κ1) is 19.4. The fourth-order valence-electron chi connectivity index (χ4n) is 3.12. The van der Waals surface area contributed by atoms with Crippen LogP contribution in [0.1, 0.15) is 44.6 Å². The number of hydrogen-bond acceptors (Lipinski definition) is 3. The molecule has 1 aliphatic rings. The van der Waals surface area contributed by atoms with E-state index >= 15 is 0 Å². The number of carbonyl (C=O) groups excluding carboxylic acids is 2. The summed E-state index contributed by atoms with van der Waals surface area (Å²) in [6.07, 6.45) is 5.04. The summed E-state index contributed by atoms with van der Waals surface area (Å²) < 4.78 is 0. The molecule has 1 aromatic rings. The van der Waals surface area contributed by atoms with Crippen molar-refractivity contribution in [1.82, 2.24) is 10.2 Å². The Morgan fingerprint density at radius 2 is 1.80 bits per heavy atom. The summed E-state index contributed by atoms with van der Waals surface area (Å²) in [6, 6.07) is 7.81. The van der Waals surface area contributed by atoms with Crippen LogP contribution in [-0.2, 0) is 9.59 Å². The molecule has 2 amide bonds. The predicted molar refractivity (Wildman–Crippen MR) is 102 cm³/mol. The van der Waals surface area contributed by atoms with Crippen molar-refractivity contribution in [3.63, 3.8) is 0 Å². The number of nitrogens with one attached hydrogen (secondary N) is 2. The number of anilines is 1. The van der Waals surface area contributed by atoms with Crippen molar-refractivity contribution in [3.8, 4) is 0 Å². The number of rotatable bonds is 8. The lowest BCUT2D eigenvalue weighted by atomic mass is 9.96. The molecule has 0 aromatic heterocycles. The second-order valence-electron chi connectivity index (χ2n) is 6.96.